The summed E-state index contributed by atoms with van der Waals surface area (Å²) < 4.78 is 5.49. The minimum atomic E-state index is -0.835. The van der Waals surface area contributed by atoms with Gasteiger partial charge in [0, 0.05) is 12.1 Å². The zero-order chi connectivity index (χ0) is 21.6. The van der Waals surface area contributed by atoms with Crippen molar-refractivity contribution in [3.63, 3.8) is 0 Å². The molecule has 0 spiro atoms. The predicted octanol–water partition coefficient (Wildman–Crippen LogP) is 3.24. The largest absolute Gasteiger partial charge is 0.482 e. The number of ether oxygens (including phenoxy) is 1. The van der Waals surface area contributed by atoms with E-state index >= 15 is 0 Å². The summed E-state index contributed by atoms with van der Waals surface area (Å²) >= 11 is 0. The van der Waals surface area contributed by atoms with Gasteiger partial charge in [0.2, 0.25) is 0 Å². The lowest BCUT2D eigenvalue weighted by atomic mass is 9.94. The van der Waals surface area contributed by atoms with E-state index in [1.54, 1.807) is 48.8 Å². The molecule has 2 aliphatic heterocycles. The first-order valence-electron chi connectivity index (χ1n) is 10.1. The number of hydrogen-bond donors (Lipinski definition) is 1. The molecule has 0 aliphatic carbocycles. The predicted molar refractivity (Wildman–Crippen MR) is 115 cm³/mol. The highest BCUT2D eigenvalue weighted by Gasteiger charge is 2.42. The van der Waals surface area contributed by atoms with Crippen LogP contribution >= 0.6 is 0 Å². The van der Waals surface area contributed by atoms with Gasteiger partial charge in [0.05, 0.1) is 23.1 Å². The van der Waals surface area contributed by atoms with E-state index < -0.39 is 11.6 Å². The molecule has 0 bridgehead atoms. The number of para-hydroxylation sites is 2. The summed E-state index contributed by atoms with van der Waals surface area (Å²) in [4.78, 5) is 41.9. The van der Waals surface area contributed by atoms with Crippen molar-refractivity contribution in [2.24, 2.45) is 0 Å². The Kier molecular flexibility index (Phi) is 4.76. The number of nitrogens with zero attached hydrogens (tertiary/aromatic N) is 2. The molecule has 2 aromatic rings. The van der Waals surface area contributed by atoms with Gasteiger partial charge < -0.3 is 15.0 Å². The van der Waals surface area contributed by atoms with Crippen molar-refractivity contribution in [1.29, 1.82) is 0 Å². The van der Waals surface area contributed by atoms with E-state index in [4.69, 9.17) is 4.74 Å². The van der Waals surface area contributed by atoms with Crippen molar-refractivity contribution in [2.45, 2.75) is 39.3 Å². The molecular weight excluding hydrogens is 382 g/mol. The average Bonchev–Trinajstić information content (AvgIpc) is 2.73. The number of fused-ring (bicyclic) bond motifs is 2. The molecule has 156 valence electrons. The lowest BCUT2D eigenvalue weighted by Crippen LogP contribution is -2.58. The number of nitrogens with one attached hydrogen (secondary N) is 1. The molecule has 0 saturated carbocycles. The molecule has 2 amide bonds. The molecule has 7 nitrogen and oxygen atoms in total. The second kappa shape index (κ2) is 7.16. The van der Waals surface area contributed by atoms with Crippen molar-refractivity contribution >= 4 is 34.7 Å². The van der Waals surface area contributed by atoms with Gasteiger partial charge in [-0.05, 0) is 58.0 Å². The van der Waals surface area contributed by atoms with Crippen LogP contribution in [0.4, 0.5) is 17.1 Å². The third-order valence-electron chi connectivity index (χ3n) is 5.63. The third kappa shape index (κ3) is 3.10. The summed E-state index contributed by atoms with van der Waals surface area (Å²) in [5, 5.41) is 3.25. The number of hydrogen-bond acceptors (Lipinski definition) is 5. The number of likely N-dealkylation sites (N-methyl/N-ethyl adjacent to an activating group) is 1. The highest BCUT2D eigenvalue weighted by molar-refractivity contribution is 6.14. The molecule has 0 radical (unpaired) electrons. The number of anilines is 3. The molecule has 0 saturated heterocycles. The maximum absolute atomic E-state index is 13.4. The zero-order valence-corrected chi connectivity index (χ0v) is 17.6. The number of Topliss-reactive ketones (excluding diaryl/α,β-unsaturated/α-hetero) is 1. The van der Waals surface area contributed by atoms with E-state index in [0.29, 0.717) is 29.2 Å². The van der Waals surface area contributed by atoms with Crippen molar-refractivity contribution in [3.05, 3.63) is 48.0 Å². The molecule has 0 fully saturated rings. The zero-order valence-electron chi connectivity index (χ0n) is 17.6. The lowest BCUT2D eigenvalue weighted by molar-refractivity contribution is -0.122. The molecule has 1 unspecified atom stereocenters. The SMILES string of the molecule is CCN1C(=O)COc2ccc(C(=O)C(C)N3C(=O)C(C)(C)Nc4ccccc43)cc21. The van der Waals surface area contributed by atoms with Gasteiger partial charge in [-0.3, -0.25) is 19.3 Å². The molecule has 1 N–H and O–H groups in total. The van der Waals surface area contributed by atoms with E-state index in [9.17, 15) is 14.4 Å². The van der Waals surface area contributed by atoms with Crippen molar-refractivity contribution < 1.29 is 19.1 Å². The standard InChI is InChI=1S/C23H25N3O4/c1-5-25-18-12-15(10-11-19(18)30-13-20(25)27)21(28)14(2)26-17-9-7-6-8-16(17)24-23(3,4)22(26)29/h6-12,14,24H,5,13H2,1-4H3. The smallest absolute Gasteiger partial charge is 0.265 e. The maximum Gasteiger partial charge on any atom is 0.265 e. The highest BCUT2D eigenvalue weighted by Crippen LogP contribution is 2.38. The minimum Gasteiger partial charge on any atom is -0.482 e. The fourth-order valence-electron chi connectivity index (χ4n) is 4.04. The number of carbonyl (C=O) groups excluding carboxylic acids is 3. The normalized spacial score (nSPS) is 18.1. The second-order valence-electron chi connectivity index (χ2n) is 8.09. The molecule has 7 heteroatoms. The number of carbonyl (C=O) groups is 3. The summed E-state index contributed by atoms with van der Waals surface area (Å²) in [5.41, 5.74) is 1.66. The van der Waals surface area contributed by atoms with Gasteiger partial charge in [-0.15, -0.1) is 0 Å². The molecule has 1 atom stereocenters. The molecule has 0 aromatic heterocycles. The van der Waals surface area contributed by atoms with Gasteiger partial charge >= 0.3 is 0 Å². The number of ketones is 1. The Morgan fingerprint density at radius 1 is 1.17 bits per heavy atom. The Morgan fingerprint density at radius 2 is 1.90 bits per heavy atom. The van der Waals surface area contributed by atoms with Gasteiger partial charge in [0.1, 0.15) is 11.3 Å². The molecular formula is C23H25N3O4. The van der Waals surface area contributed by atoms with Crippen LogP contribution in [-0.4, -0.2) is 42.3 Å². The Labute approximate surface area is 175 Å². The van der Waals surface area contributed by atoms with E-state index in [2.05, 4.69) is 5.32 Å². The first-order chi connectivity index (χ1) is 14.2. The first-order valence-corrected chi connectivity index (χ1v) is 10.1. The van der Waals surface area contributed by atoms with Crippen LogP contribution in [0.3, 0.4) is 0 Å². The molecule has 4 rings (SSSR count). The van der Waals surface area contributed by atoms with Crippen LogP contribution in [0.1, 0.15) is 38.1 Å². The Morgan fingerprint density at radius 3 is 2.63 bits per heavy atom. The van der Waals surface area contributed by atoms with E-state index in [1.807, 2.05) is 31.2 Å². The van der Waals surface area contributed by atoms with Crippen molar-refractivity contribution in [1.82, 2.24) is 0 Å². The number of rotatable bonds is 4. The van der Waals surface area contributed by atoms with Crippen LogP contribution < -0.4 is 19.9 Å². The van der Waals surface area contributed by atoms with Gasteiger partial charge in [-0.25, -0.2) is 0 Å². The topological polar surface area (TPSA) is 79.0 Å². The van der Waals surface area contributed by atoms with Crippen LogP contribution in [0.25, 0.3) is 0 Å². The van der Waals surface area contributed by atoms with Crippen molar-refractivity contribution in [2.75, 3.05) is 28.3 Å². The van der Waals surface area contributed by atoms with Crippen LogP contribution in [0.15, 0.2) is 42.5 Å². The monoisotopic (exact) mass is 407 g/mol. The summed E-state index contributed by atoms with van der Waals surface area (Å²) in [7, 11) is 0. The molecule has 2 heterocycles. The van der Waals surface area contributed by atoms with Crippen LogP contribution in [-0.2, 0) is 9.59 Å². The van der Waals surface area contributed by atoms with Crippen LogP contribution in [0, 0.1) is 0 Å². The Balaban J connectivity index is 1.72. The van der Waals surface area contributed by atoms with Gasteiger partial charge in [0.25, 0.3) is 11.8 Å². The van der Waals surface area contributed by atoms with Gasteiger partial charge in [0.15, 0.2) is 12.4 Å². The highest BCUT2D eigenvalue weighted by atomic mass is 16.5. The van der Waals surface area contributed by atoms with E-state index in [-0.39, 0.29) is 24.2 Å². The number of amides is 2. The van der Waals surface area contributed by atoms with E-state index in [1.165, 1.54) is 0 Å². The fourth-order valence-corrected chi connectivity index (χ4v) is 4.04. The quantitative estimate of drug-likeness (QED) is 0.788. The Bertz CT molecular complexity index is 1050. The Hall–Kier alpha value is -3.35. The van der Waals surface area contributed by atoms with Gasteiger partial charge in [-0.1, -0.05) is 12.1 Å². The number of benzene rings is 2. The average molecular weight is 407 g/mol. The summed E-state index contributed by atoms with van der Waals surface area (Å²) in [5.74, 6) is 0.0578. The lowest BCUT2D eigenvalue weighted by Gasteiger charge is -2.42. The summed E-state index contributed by atoms with van der Waals surface area (Å²) in [6.07, 6.45) is 0. The molecule has 30 heavy (non-hydrogen) atoms. The molecule has 2 aliphatic rings. The van der Waals surface area contributed by atoms with Crippen LogP contribution in [0.2, 0.25) is 0 Å². The first kappa shape index (κ1) is 19.9. The maximum atomic E-state index is 13.4. The minimum absolute atomic E-state index is 0.00825. The third-order valence-corrected chi connectivity index (χ3v) is 5.63. The van der Waals surface area contributed by atoms with Crippen molar-refractivity contribution in [3.8, 4) is 5.75 Å². The fraction of sp³-hybridized carbons (Fsp3) is 0.348. The van der Waals surface area contributed by atoms with Gasteiger partial charge in [-0.2, -0.15) is 0 Å². The van der Waals surface area contributed by atoms with E-state index in [0.717, 1.165) is 5.69 Å². The summed E-state index contributed by atoms with van der Waals surface area (Å²) in [6.45, 7) is 7.69. The summed E-state index contributed by atoms with van der Waals surface area (Å²) in [6, 6.07) is 11.8. The second-order valence-corrected chi connectivity index (χ2v) is 8.09. The molecule has 2 aromatic carbocycles. The van der Waals surface area contributed by atoms with Crippen LogP contribution in [0.5, 0.6) is 5.75 Å².